The van der Waals surface area contributed by atoms with Gasteiger partial charge in [0.1, 0.15) is 0 Å². The molecule has 0 fully saturated rings. The summed E-state index contributed by atoms with van der Waals surface area (Å²) in [5.41, 5.74) is 4.16. The lowest BCUT2D eigenvalue weighted by atomic mass is 9.77. The first kappa shape index (κ1) is 22.1. The Morgan fingerprint density at radius 2 is 1.89 bits per heavy atom. The van der Waals surface area contributed by atoms with Crippen LogP contribution in [0.1, 0.15) is 35.1 Å². The topological polar surface area (TPSA) is 92.5 Å². The van der Waals surface area contributed by atoms with Gasteiger partial charge in [0.15, 0.2) is 0 Å². The number of sulfonamides is 1. The van der Waals surface area contributed by atoms with Gasteiger partial charge in [0, 0.05) is 40.9 Å². The largest absolute Gasteiger partial charge is 0.378 e. The number of fused-ring (bicyclic) bond motifs is 4. The van der Waals surface area contributed by atoms with Crippen LogP contribution in [-0.2, 0) is 16.4 Å². The van der Waals surface area contributed by atoms with Crippen molar-refractivity contribution in [2.24, 2.45) is 5.92 Å². The van der Waals surface area contributed by atoms with Gasteiger partial charge in [-0.15, -0.1) is 0 Å². The Morgan fingerprint density at radius 1 is 1.06 bits per heavy atom. The number of nitro benzene ring substituents is 1. The van der Waals surface area contributed by atoms with E-state index in [-0.39, 0.29) is 28.5 Å². The van der Waals surface area contributed by atoms with E-state index >= 15 is 0 Å². The number of allylic oxidation sites excluding steroid dienone is 2. The third-order valence-electron chi connectivity index (χ3n) is 7.29. The van der Waals surface area contributed by atoms with Crippen molar-refractivity contribution < 1.29 is 13.3 Å². The molecule has 35 heavy (non-hydrogen) atoms. The summed E-state index contributed by atoms with van der Waals surface area (Å²) in [6.45, 7) is 0.427. The molecule has 0 aromatic heterocycles. The molecule has 9 heteroatoms. The highest BCUT2D eigenvalue weighted by molar-refractivity contribution is 7.92. The zero-order chi connectivity index (χ0) is 24.3. The van der Waals surface area contributed by atoms with Crippen molar-refractivity contribution in [3.8, 4) is 0 Å². The quantitative estimate of drug-likeness (QED) is 0.272. The van der Waals surface area contributed by atoms with Crippen LogP contribution in [0.2, 0.25) is 5.02 Å². The van der Waals surface area contributed by atoms with E-state index in [1.165, 1.54) is 16.4 Å². The second-order valence-corrected chi connectivity index (χ2v) is 11.4. The second kappa shape index (κ2) is 8.10. The molecule has 0 bridgehead atoms. The zero-order valence-corrected chi connectivity index (χ0v) is 20.2. The molecular weight excluding hydrogens is 486 g/mol. The monoisotopic (exact) mass is 507 g/mol. The highest BCUT2D eigenvalue weighted by atomic mass is 35.5. The first-order chi connectivity index (χ1) is 16.8. The van der Waals surface area contributed by atoms with Crippen molar-refractivity contribution in [1.29, 1.82) is 0 Å². The Morgan fingerprint density at radius 3 is 2.71 bits per heavy atom. The highest BCUT2D eigenvalue weighted by Crippen LogP contribution is 2.51. The predicted molar refractivity (Wildman–Crippen MR) is 136 cm³/mol. The molecule has 3 atom stereocenters. The average molecular weight is 508 g/mol. The molecule has 1 N–H and O–H groups in total. The van der Waals surface area contributed by atoms with E-state index in [1.54, 1.807) is 24.3 Å². The van der Waals surface area contributed by atoms with Gasteiger partial charge in [-0.2, -0.15) is 0 Å². The SMILES string of the molecule is O=[N+]([O-])c1ccc(Cl)c(C2Nc3ccc(S(=O)(=O)N4CCc5ccccc54)cc3C3C=CCC32)c1. The lowest BCUT2D eigenvalue weighted by molar-refractivity contribution is -0.384. The molecule has 2 aliphatic heterocycles. The van der Waals surface area contributed by atoms with Gasteiger partial charge < -0.3 is 5.32 Å². The van der Waals surface area contributed by atoms with Gasteiger partial charge in [0.2, 0.25) is 0 Å². The Balaban J connectivity index is 1.39. The minimum atomic E-state index is -3.72. The summed E-state index contributed by atoms with van der Waals surface area (Å²) in [5.74, 6) is 0.0417. The molecule has 3 unspecified atom stereocenters. The minimum absolute atomic E-state index is 0.00756. The van der Waals surface area contributed by atoms with E-state index in [1.807, 2.05) is 24.3 Å². The predicted octanol–water partition coefficient (Wildman–Crippen LogP) is 5.83. The minimum Gasteiger partial charge on any atom is -0.378 e. The molecule has 7 nitrogen and oxygen atoms in total. The third kappa shape index (κ3) is 3.51. The normalized spacial score (nSPS) is 22.3. The van der Waals surface area contributed by atoms with E-state index in [2.05, 4.69) is 17.5 Å². The lowest BCUT2D eigenvalue weighted by Crippen LogP contribution is -2.31. The molecule has 3 aromatic carbocycles. The third-order valence-corrected chi connectivity index (χ3v) is 9.45. The molecule has 0 radical (unpaired) electrons. The van der Waals surface area contributed by atoms with Crippen LogP contribution in [0.15, 0.2) is 77.7 Å². The van der Waals surface area contributed by atoms with Gasteiger partial charge in [-0.25, -0.2) is 8.42 Å². The molecule has 2 heterocycles. The number of nitrogens with zero attached hydrogens (tertiary/aromatic N) is 2. The van der Waals surface area contributed by atoms with Gasteiger partial charge in [-0.3, -0.25) is 14.4 Å². The van der Waals surface area contributed by atoms with Crippen LogP contribution in [0.3, 0.4) is 0 Å². The maximum absolute atomic E-state index is 13.6. The smallest absolute Gasteiger partial charge is 0.269 e. The van der Waals surface area contributed by atoms with Gasteiger partial charge >= 0.3 is 0 Å². The molecule has 0 amide bonds. The zero-order valence-electron chi connectivity index (χ0n) is 18.6. The fraction of sp³-hybridized carbons (Fsp3) is 0.231. The number of para-hydroxylation sites is 1. The first-order valence-corrected chi connectivity index (χ1v) is 13.3. The number of rotatable bonds is 4. The van der Waals surface area contributed by atoms with E-state index < -0.39 is 14.9 Å². The molecule has 6 rings (SSSR count). The number of anilines is 2. The molecule has 0 saturated heterocycles. The van der Waals surface area contributed by atoms with E-state index in [0.717, 1.165) is 28.9 Å². The van der Waals surface area contributed by atoms with Crippen LogP contribution in [-0.4, -0.2) is 19.9 Å². The number of nitrogens with one attached hydrogen (secondary N) is 1. The van der Waals surface area contributed by atoms with E-state index in [0.29, 0.717) is 23.6 Å². The van der Waals surface area contributed by atoms with Crippen LogP contribution in [0.4, 0.5) is 17.1 Å². The summed E-state index contributed by atoms with van der Waals surface area (Å²) >= 11 is 6.48. The number of non-ortho nitro benzene ring substituents is 1. The summed E-state index contributed by atoms with van der Waals surface area (Å²) in [6, 6.07) is 17.1. The molecular formula is C26H22ClN3O4S. The van der Waals surface area contributed by atoms with Crippen LogP contribution < -0.4 is 9.62 Å². The van der Waals surface area contributed by atoms with Crippen LogP contribution in [0.5, 0.6) is 0 Å². The Labute approximate surface area is 208 Å². The van der Waals surface area contributed by atoms with Gasteiger partial charge in [-0.1, -0.05) is 42.0 Å². The molecule has 3 aromatic rings. The maximum atomic E-state index is 13.6. The molecule has 0 saturated carbocycles. The number of halogens is 1. The van der Waals surface area contributed by atoms with Crippen molar-refractivity contribution in [2.45, 2.75) is 29.7 Å². The lowest BCUT2D eigenvalue weighted by Gasteiger charge is -2.38. The Bertz CT molecular complexity index is 1500. The van der Waals surface area contributed by atoms with Gasteiger partial charge in [0.05, 0.1) is 21.5 Å². The van der Waals surface area contributed by atoms with Crippen molar-refractivity contribution in [2.75, 3.05) is 16.2 Å². The highest BCUT2D eigenvalue weighted by Gasteiger charge is 2.40. The summed E-state index contributed by atoms with van der Waals surface area (Å²) in [4.78, 5) is 11.2. The van der Waals surface area contributed by atoms with Crippen molar-refractivity contribution in [1.82, 2.24) is 0 Å². The van der Waals surface area contributed by atoms with Crippen molar-refractivity contribution in [3.05, 3.63) is 105 Å². The molecule has 0 spiro atoms. The number of hydrogen-bond donors (Lipinski definition) is 1. The molecule has 1 aliphatic carbocycles. The Kier molecular flexibility index (Phi) is 5.12. The van der Waals surface area contributed by atoms with Crippen LogP contribution in [0.25, 0.3) is 0 Å². The van der Waals surface area contributed by atoms with Crippen molar-refractivity contribution >= 4 is 38.7 Å². The first-order valence-electron chi connectivity index (χ1n) is 11.5. The standard InChI is InChI=1S/C26H22ClN3O4S/c27-23-10-8-17(30(31)32)14-22(23)26-20-6-3-5-19(20)21-15-18(9-11-24(21)28-26)35(33,34)29-13-12-16-4-1-2-7-25(16)29/h1-5,7-11,14-15,19-20,26,28H,6,12-13H2. The Hall–Kier alpha value is -3.36. The summed E-state index contributed by atoms with van der Waals surface area (Å²) in [7, 11) is -3.72. The molecule has 178 valence electrons. The second-order valence-electron chi connectivity index (χ2n) is 9.14. The summed E-state index contributed by atoms with van der Waals surface area (Å²) in [6.07, 6.45) is 5.64. The van der Waals surface area contributed by atoms with Gasteiger partial charge in [0.25, 0.3) is 15.7 Å². The number of benzene rings is 3. The van der Waals surface area contributed by atoms with Crippen LogP contribution in [0, 0.1) is 16.0 Å². The fourth-order valence-corrected chi connectivity index (χ4v) is 7.38. The maximum Gasteiger partial charge on any atom is 0.269 e. The van der Waals surface area contributed by atoms with E-state index in [9.17, 15) is 18.5 Å². The van der Waals surface area contributed by atoms with Gasteiger partial charge in [-0.05, 0) is 60.2 Å². The van der Waals surface area contributed by atoms with Crippen molar-refractivity contribution in [3.63, 3.8) is 0 Å². The summed E-state index contributed by atoms with van der Waals surface area (Å²) in [5, 5.41) is 15.3. The molecule has 3 aliphatic rings. The van der Waals surface area contributed by atoms with Crippen LogP contribution >= 0.6 is 11.6 Å². The fourth-order valence-electron chi connectivity index (χ4n) is 5.61. The summed E-state index contributed by atoms with van der Waals surface area (Å²) < 4.78 is 28.7. The average Bonchev–Trinajstić information content (AvgIpc) is 3.51. The number of hydrogen-bond acceptors (Lipinski definition) is 5. The number of nitro groups is 1. The van der Waals surface area contributed by atoms with E-state index in [4.69, 9.17) is 11.6 Å².